The molecule has 1 atom stereocenters. The van der Waals surface area contributed by atoms with E-state index in [-0.39, 0.29) is 11.8 Å². The lowest BCUT2D eigenvalue weighted by atomic mass is 10.1. The Morgan fingerprint density at radius 3 is 2.47 bits per heavy atom. The maximum absolute atomic E-state index is 12.2. The maximum atomic E-state index is 12.2. The van der Waals surface area contributed by atoms with Crippen LogP contribution in [0.1, 0.15) is 28.9 Å². The second kappa shape index (κ2) is 4.91. The third-order valence-electron chi connectivity index (χ3n) is 2.85. The van der Waals surface area contributed by atoms with Gasteiger partial charge in [0.2, 0.25) is 11.8 Å². The summed E-state index contributed by atoms with van der Waals surface area (Å²) in [5.41, 5.74) is 1.91. The lowest BCUT2D eigenvalue weighted by molar-refractivity contribution is -0.705. The zero-order chi connectivity index (χ0) is 12.3. The Bertz CT molecular complexity index is 519. The SMILES string of the molecule is Cc1ccc[n+]([C@H](C)C(=O)c2ccccc2)c1. The molecule has 86 valence electrons. The zero-order valence-electron chi connectivity index (χ0n) is 10.1. The van der Waals surface area contributed by atoms with Gasteiger partial charge in [0, 0.05) is 24.1 Å². The van der Waals surface area contributed by atoms with Crippen molar-refractivity contribution in [3.05, 3.63) is 66.0 Å². The van der Waals surface area contributed by atoms with Crippen LogP contribution in [0.5, 0.6) is 0 Å². The first-order chi connectivity index (χ1) is 8.18. The molecule has 0 bridgehead atoms. The molecule has 0 saturated carbocycles. The number of benzene rings is 1. The highest BCUT2D eigenvalue weighted by Gasteiger charge is 2.22. The minimum Gasteiger partial charge on any atom is -0.287 e. The van der Waals surface area contributed by atoms with Gasteiger partial charge >= 0.3 is 0 Å². The zero-order valence-corrected chi connectivity index (χ0v) is 10.1. The van der Waals surface area contributed by atoms with Gasteiger partial charge in [-0.15, -0.1) is 0 Å². The van der Waals surface area contributed by atoms with Crippen LogP contribution in [-0.2, 0) is 0 Å². The molecule has 0 aliphatic carbocycles. The van der Waals surface area contributed by atoms with Crippen LogP contribution in [0.2, 0.25) is 0 Å². The van der Waals surface area contributed by atoms with Crippen LogP contribution in [0.25, 0.3) is 0 Å². The Balaban J connectivity index is 2.27. The normalized spacial score (nSPS) is 12.1. The van der Waals surface area contributed by atoms with E-state index < -0.39 is 0 Å². The van der Waals surface area contributed by atoms with Gasteiger partial charge in [0.1, 0.15) is 0 Å². The van der Waals surface area contributed by atoms with Gasteiger partial charge in [-0.25, -0.2) is 0 Å². The van der Waals surface area contributed by atoms with Crippen molar-refractivity contribution < 1.29 is 9.36 Å². The lowest BCUT2D eigenvalue weighted by Crippen LogP contribution is -2.41. The van der Waals surface area contributed by atoms with Crippen LogP contribution in [0.15, 0.2) is 54.9 Å². The van der Waals surface area contributed by atoms with E-state index in [9.17, 15) is 4.79 Å². The van der Waals surface area contributed by atoms with Gasteiger partial charge in [-0.3, -0.25) is 4.79 Å². The van der Waals surface area contributed by atoms with Crippen LogP contribution < -0.4 is 4.57 Å². The van der Waals surface area contributed by atoms with Gasteiger partial charge in [0.25, 0.3) is 0 Å². The van der Waals surface area contributed by atoms with E-state index in [1.54, 1.807) is 0 Å². The van der Waals surface area contributed by atoms with Gasteiger partial charge in [-0.1, -0.05) is 30.3 Å². The van der Waals surface area contributed by atoms with E-state index in [1.807, 2.05) is 73.3 Å². The fraction of sp³-hybridized carbons (Fsp3) is 0.200. The van der Waals surface area contributed by atoms with Gasteiger partial charge in [0.05, 0.1) is 0 Å². The summed E-state index contributed by atoms with van der Waals surface area (Å²) >= 11 is 0. The molecule has 0 fully saturated rings. The number of ketones is 1. The highest BCUT2D eigenvalue weighted by atomic mass is 16.1. The predicted octanol–water partition coefficient (Wildman–Crippen LogP) is 2.73. The fourth-order valence-corrected chi connectivity index (χ4v) is 1.84. The van der Waals surface area contributed by atoms with Gasteiger partial charge in [-0.2, -0.15) is 4.57 Å². The number of carbonyl (C=O) groups is 1. The largest absolute Gasteiger partial charge is 0.287 e. The molecular weight excluding hydrogens is 210 g/mol. The van der Waals surface area contributed by atoms with Crippen molar-refractivity contribution in [3.8, 4) is 0 Å². The maximum Gasteiger partial charge on any atom is 0.230 e. The van der Waals surface area contributed by atoms with Crippen molar-refractivity contribution in [2.45, 2.75) is 19.9 Å². The number of hydrogen-bond acceptors (Lipinski definition) is 1. The highest BCUT2D eigenvalue weighted by Crippen LogP contribution is 2.08. The molecule has 0 saturated heterocycles. The van der Waals surface area contributed by atoms with Crippen LogP contribution in [0.4, 0.5) is 0 Å². The first-order valence-electron chi connectivity index (χ1n) is 5.75. The van der Waals surface area contributed by atoms with Crippen LogP contribution in [0.3, 0.4) is 0 Å². The number of hydrogen-bond donors (Lipinski definition) is 0. The summed E-state index contributed by atoms with van der Waals surface area (Å²) in [7, 11) is 0. The Kier molecular flexibility index (Phi) is 3.33. The van der Waals surface area contributed by atoms with E-state index in [0.29, 0.717) is 0 Å². The Morgan fingerprint density at radius 1 is 1.12 bits per heavy atom. The van der Waals surface area contributed by atoms with Crippen LogP contribution in [-0.4, -0.2) is 5.78 Å². The molecule has 1 aromatic carbocycles. The van der Waals surface area contributed by atoms with E-state index in [1.165, 1.54) is 0 Å². The number of Topliss-reactive ketones (excluding diaryl/α,β-unsaturated/α-hetero) is 1. The summed E-state index contributed by atoms with van der Waals surface area (Å²) in [5.74, 6) is 0.140. The van der Waals surface area contributed by atoms with E-state index in [4.69, 9.17) is 0 Å². The van der Waals surface area contributed by atoms with Crippen molar-refractivity contribution in [2.24, 2.45) is 0 Å². The number of pyridine rings is 1. The summed E-state index contributed by atoms with van der Waals surface area (Å²) in [5, 5.41) is 0. The van der Waals surface area contributed by atoms with Crippen molar-refractivity contribution in [2.75, 3.05) is 0 Å². The topological polar surface area (TPSA) is 20.9 Å². The third kappa shape index (κ3) is 2.59. The average molecular weight is 226 g/mol. The Labute approximate surface area is 102 Å². The number of aryl methyl sites for hydroxylation is 1. The molecular formula is C15H16NO+. The quantitative estimate of drug-likeness (QED) is 0.582. The minimum atomic E-state index is -0.169. The number of rotatable bonds is 3. The molecule has 0 amide bonds. The van der Waals surface area contributed by atoms with Crippen molar-refractivity contribution in [1.82, 2.24) is 0 Å². The van der Waals surface area contributed by atoms with Gasteiger partial charge < -0.3 is 0 Å². The molecule has 2 nitrogen and oxygen atoms in total. The van der Waals surface area contributed by atoms with Crippen LogP contribution in [0, 0.1) is 6.92 Å². The summed E-state index contributed by atoms with van der Waals surface area (Å²) in [6.45, 7) is 3.95. The molecule has 1 aromatic heterocycles. The second-order valence-electron chi connectivity index (χ2n) is 4.23. The molecule has 0 radical (unpaired) electrons. The first-order valence-corrected chi connectivity index (χ1v) is 5.75. The monoisotopic (exact) mass is 226 g/mol. The van der Waals surface area contributed by atoms with Gasteiger partial charge in [0.15, 0.2) is 12.4 Å². The molecule has 2 rings (SSSR count). The fourth-order valence-electron chi connectivity index (χ4n) is 1.84. The minimum absolute atomic E-state index is 0.140. The first kappa shape index (κ1) is 11.5. The molecule has 1 heterocycles. The molecule has 0 spiro atoms. The molecule has 0 aliphatic rings. The molecule has 0 aliphatic heterocycles. The van der Waals surface area contributed by atoms with E-state index >= 15 is 0 Å². The summed E-state index contributed by atoms with van der Waals surface area (Å²) in [6, 6.07) is 13.2. The van der Waals surface area contributed by atoms with Gasteiger partial charge in [-0.05, 0) is 13.0 Å². The summed E-state index contributed by atoms with van der Waals surface area (Å²) < 4.78 is 1.95. The van der Waals surface area contributed by atoms with Crippen LogP contribution >= 0.6 is 0 Å². The Morgan fingerprint density at radius 2 is 1.82 bits per heavy atom. The van der Waals surface area contributed by atoms with Crippen molar-refractivity contribution >= 4 is 5.78 Å². The Hall–Kier alpha value is -1.96. The van der Waals surface area contributed by atoms with Crippen molar-refractivity contribution in [1.29, 1.82) is 0 Å². The average Bonchev–Trinajstić information content (AvgIpc) is 2.38. The summed E-state index contributed by atoms with van der Waals surface area (Å²) in [4.78, 5) is 12.2. The van der Waals surface area contributed by atoms with E-state index in [0.717, 1.165) is 11.1 Å². The molecule has 0 N–H and O–H groups in total. The number of aromatic nitrogens is 1. The van der Waals surface area contributed by atoms with Crippen molar-refractivity contribution in [3.63, 3.8) is 0 Å². The molecule has 2 heteroatoms. The lowest BCUT2D eigenvalue weighted by Gasteiger charge is -2.06. The molecule has 17 heavy (non-hydrogen) atoms. The number of nitrogens with zero attached hydrogens (tertiary/aromatic N) is 1. The predicted molar refractivity (Wildman–Crippen MR) is 66.9 cm³/mol. The smallest absolute Gasteiger partial charge is 0.230 e. The standard InChI is InChI=1S/C15H16NO/c1-12-7-6-10-16(11-12)13(2)15(17)14-8-4-3-5-9-14/h3-11,13H,1-2H3/q+1/t13-/m1/s1. The third-order valence-corrected chi connectivity index (χ3v) is 2.85. The summed E-state index contributed by atoms with van der Waals surface area (Å²) in [6.07, 6.45) is 3.92. The second-order valence-corrected chi connectivity index (χ2v) is 4.23. The van der Waals surface area contributed by atoms with E-state index in [2.05, 4.69) is 0 Å². The molecule has 0 unspecified atom stereocenters. The number of carbonyl (C=O) groups excluding carboxylic acids is 1. The highest BCUT2D eigenvalue weighted by molar-refractivity contribution is 5.97. The molecule has 2 aromatic rings.